The third-order valence-corrected chi connectivity index (χ3v) is 5.70. The van der Waals surface area contributed by atoms with Gasteiger partial charge < -0.3 is 11.5 Å². The van der Waals surface area contributed by atoms with Crippen LogP contribution in [-0.2, 0) is 10.2 Å². The largest absolute Gasteiger partial charge is 0.369 e. The first-order valence-electron chi connectivity index (χ1n) is 5.83. The van der Waals surface area contributed by atoms with Crippen LogP contribution in [0.4, 0.5) is 0 Å². The highest BCUT2D eigenvalue weighted by Crippen LogP contribution is 2.57. The predicted molar refractivity (Wildman–Crippen MR) is 74.8 cm³/mol. The first kappa shape index (κ1) is 13.0. The molecule has 4 atom stereocenters. The fourth-order valence-electron chi connectivity index (χ4n) is 3.32. The van der Waals surface area contributed by atoms with Crippen molar-refractivity contribution in [3.8, 4) is 0 Å². The lowest BCUT2D eigenvalue weighted by atomic mass is 9.68. The Hall–Kier alpha value is -0.980. The minimum Gasteiger partial charge on any atom is -0.369 e. The fraction of sp³-hybridized carbons (Fsp3) is 0.417. The molecule has 1 heterocycles. The van der Waals surface area contributed by atoms with Crippen molar-refractivity contribution >= 4 is 33.4 Å². The van der Waals surface area contributed by atoms with E-state index in [1.807, 2.05) is 12.2 Å². The Morgan fingerprint density at radius 1 is 1.58 bits per heavy atom. The van der Waals surface area contributed by atoms with Gasteiger partial charge in [-0.3, -0.25) is 4.79 Å². The number of nitrogens with two attached hydrogens (primary N) is 2. The molecule has 4 N–H and O–H groups in total. The van der Waals surface area contributed by atoms with E-state index in [2.05, 4.69) is 25.9 Å². The van der Waals surface area contributed by atoms with E-state index in [0.29, 0.717) is 12.1 Å². The van der Waals surface area contributed by atoms with Gasteiger partial charge in [0, 0.05) is 11.0 Å². The number of halogens is 2. The SMILES string of the molecule is NC(=O)[C@]1(c2ccnc(Cl)n2)[C@H](Br)[C@H]2C=C[C@@]1(N)C2. The van der Waals surface area contributed by atoms with E-state index < -0.39 is 16.9 Å². The maximum absolute atomic E-state index is 12.2. The summed E-state index contributed by atoms with van der Waals surface area (Å²) in [7, 11) is 0. The fourth-order valence-corrected chi connectivity index (χ4v) is 4.72. The molecule has 0 unspecified atom stereocenters. The number of amides is 1. The smallest absolute Gasteiger partial charge is 0.233 e. The molecule has 2 aliphatic carbocycles. The van der Waals surface area contributed by atoms with E-state index in [1.54, 1.807) is 6.07 Å². The molecule has 1 aromatic heterocycles. The minimum atomic E-state index is -1.10. The summed E-state index contributed by atoms with van der Waals surface area (Å²) in [6, 6.07) is 1.65. The maximum Gasteiger partial charge on any atom is 0.233 e. The van der Waals surface area contributed by atoms with Crippen LogP contribution >= 0.6 is 27.5 Å². The number of hydrogen-bond acceptors (Lipinski definition) is 4. The highest BCUT2D eigenvalue weighted by molar-refractivity contribution is 9.09. The monoisotopic (exact) mass is 342 g/mol. The Balaban J connectivity index is 2.27. The second kappa shape index (κ2) is 4.01. The number of aromatic nitrogens is 2. The molecule has 0 aromatic carbocycles. The molecule has 0 aliphatic heterocycles. The Kier molecular flexibility index (Phi) is 2.75. The van der Waals surface area contributed by atoms with Crippen molar-refractivity contribution < 1.29 is 4.79 Å². The number of allylic oxidation sites excluding steroid dienone is 1. The van der Waals surface area contributed by atoms with Gasteiger partial charge in [0.05, 0.1) is 11.2 Å². The van der Waals surface area contributed by atoms with Crippen LogP contribution < -0.4 is 11.5 Å². The third kappa shape index (κ3) is 1.48. The van der Waals surface area contributed by atoms with Gasteiger partial charge in [0.2, 0.25) is 11.2 Å². The van der Waals surface area contributed by atoms with Gasteiger partial charge in [-0.05, 0) is 30.0 Å². The van der Waals surface area contributed by atoms with Gasteiger partial charge in [0.25, 0.3) is 0 Å². The Labute approximate surface area is 123 Å². The molecule has 1 saturated carbocycles. The number of rotatable bonds is 2. The quantitative estimate of drug-likeness (QED) is 0.474. The van der Waals surface area contributed by atoms with Crippen molar-refractivity contribution in [1.29, 1.82) is 0 Å². The summed E-state index contributed by atoms with van der Waals surface area (Å²) in [4.78, 5) is 20.0. The van der Waals surface area contributed by atoms with E-state index >= 15 is 0 Å². The predicted octanol–water partition coefficient (Wildman–Crippen LogP) is 0.904. The molecule has 1 amide bonds. The number of fused-ring (bicyclic) bond motifs is 2. The number of alkyl halides is 1. The van der Waals surface area contributed by atoms with E-state index in [-0.39, 0.29) is 16.0 Å². The lowest BCUT2D eigenvalue weighted by Gasteiger charge is -2.41. The van der Waals surface area contributed by atoms with Crippen LogP contribution in [0.3, 0.4) is 0 Å². The number of nitrogens with zero attached hydrogens (tertiary/aromatic N) is 2. The molecule has 19 heavy (non-hydrogen) atoms. The third-order valence-electron chi connectivity index (χ3n) is 4.16. The Morgan fingerprint density at radius 3 is 2.84 bits per heavy atom. The van der Waals surface area contributed by atoms with Gasteiger partial charge in [0.1, 0.15) is 5.41 Å². The molecule has 100 valence electrons. The van der Waals surface area contributed by atoms with Crippen molar-refractivity contribution in [3.05, 3.63) is 35.4 Å². The standard InChI is InChI=1S/C12H12BrClN4O/c13-8-6-1-3-11(16,5-6)12(8,9(15)19)7-2-4-17-10(14)18-7/h1-4,6,8H,5,16H2,(H2,15,19)/t6-,8+,11+,12-/m0/s1. The summed E-state index contributed by atoms with van der Waals surface area (Å²) in [6.07, 6.45) is 6.04. The van der Waals surface area contributed by atoms with Crippen LogP contribution in [0.25, 0.3) is 0 Å². The van der Waals surface area contributed by atoms with Crippen molar-refractivity contribution in [2.45, 2.75) is 22.2 Å². The molecule has 1 fully saturated rings. The first-order valence-corrected chi connectivity index (χ1v) is 7.12. The molecule has 5 nitrogen and oxygen atoms in total. The van der Waals surface area contributed by atoms with Crippen molar-refractivity contribution in [2.24, 2.45) is 17.4 Å². The number of carbonyl (C=O) groups is 1. The van der Waals surface area contributed by atoms with E-state index in [0.717, 1.165) is 0 Å². The molecule has 1 aromatic rings. The van der Waals surface area contributed by atoms with Crippen LogP contribution in [0.1, 0.15) is 12.1 Å². The summed E-state index contributed by atoms with van der Waals surface area (Å²) in [6.45, 7) is 0. The molecule has 3 rings (SSSR count). The van der Waals surface area contributed by atoms with E-state index in [1.165, 1.54) is 6.20 Å². The number of primary amides is 1. The molecular formula is C12H12BrClN4O. The van der Waals surface area contributed by atoms with E-state index in [4.69, 9.17) is 23.1 Å². The van der Waals surface area contributed by atoms with Gasteiger partial charge in [0.15, 0.2) is 0 Å². The van der Waals surface area contributed by atoms with Crippen LogP contribution in [0.15, 0.2) is 24.4 Å². The zero-order valence-corrected chi connectivity index (χ0v) is 12.2. The van der Waals surface area contributed by atoms with Gasteiger partial charge >= 0.3 is 0 Å². The molecule has 2 aliphatic rings. The summed E-state index contributed by atoms with van der Waals surface area (Å²) in [5.74, 6) is -0.343. The highest BCUT2D eigenvalue weighted by atomic mass is 79.9. The molecular weight excluding hydrogens is 332 g/mol. The van der Waals surface area contributed by atoms with Crippen molar-refractivity contribution in [2.75, 3.05) is 0 Å². The molecule has 0 saturated heterocycles. The average Bonchev–Trinajstić information content (AvgIpc) is 2.81. The van der Waals surface area contributed by atoms with E-state index in [9.17, 15) is 4.79 Å². The average molecular weight is 344 g/mol. The highest BCUT2D eigenvalue weighted by Gasteiger charge is 2.67. The van der Waals surface area contributed by atoms with Gasteiger partial charge in [-0.1, -0.05) is 28.1 Å². The maximum atomic E-state index is 12.2. The Morgan fingerprint density at radius 2 is 2.32 bits per heavy atom. The Bertz CT molecular complexity index is 595. The van der Waals surface area contributed by atoms with Gasteiger partial charge in [-0.25, -0.2) is 9.97 Å². The molecule has 7 heteroatoms. The van der Waals surface area contributed by atoms with Crippen LogP contribution in [-0.4, -0.2) is 26.2 Å². The summed E-state index contributed by atoms with van der Waals surface area (Å²) < 4.78 is 0. The lowest BCUT2D eigenvalue weighted by molar-refractivity contribution is -0.124. The molecule has 2 bridgehead atoms. The van der Waals surface area contributed by atoms with Gasteiger partial charge in [-0.15, -0.1) is 0 Å². The first-order chi connectivity index (χ1) is 8.92. The summed E-state index contributed by atoms with van der Waals surface area (Å²) >= 11 is 9.42. The second-order valence-electron chi connectivity index (χ2n) is 5.05. The second-order valence-corrected chi connectivity index (χ2v) is 6.38. The normalized spacial score (nSPS) is 39.7. The summed E-state index contributed by atoms with van der Waals surface area (Å²) in [5, 5.41) is 0.0770. The van der Waals surface area contributed by atoms with Crippen molar-refractivity contribution in [3.63, 3.8) is 0 Å². The zero-order valence-electron chi connectivity index (χ0n) is 9.88. The van der Waals surface area contributed by atoms with Crippen molar-refractivity contribution in [1.82, 2.24) is 9.97 Å². The number of hydrogen-bond donors (Lipinski definition) is 2. The number of carbonyl (C=O) groups excluding carboxylic acids is 1. The lowest BCUT2D eigenvalue weighted by Crippen LogP contribution is -2.64. The van der Waals surface area contributed by atoms with Crippen LogP contribution in [0, 0.1) is 5.92 Å². The topological polar surface area (TPSA) is 94.9 Å². The van der Waals surface area contributed by atoms with Crippen LogP contribution in [0.5, 0.6) is 0 Å². The van der Waals surface area contributed by atoms with Gasteiger partial charge in [-0.2, -0.15) is 0 Å². The van der Waals surface area contributed by atoms with Crippen LogP contribution in [0.2, 0.25) is 5.28 Å². The zero-order chi connectivity index (χ0) is 13.8. The molecule has 0 radical (unpaired) electrons. The summed E-state index contributed by atoms with van der Waals surface area (Å²) in [5.41, 5.74) is 10.7. The molecule has 0 spiro atoms. The minimum absolute atomic E-state index is 0.0770.